The topological polar surface area (TPSA) is 56.2 Å². The van der Waals surface area contributed by atoms with E-state index in [2.05, 4.69) is 5.32 Å². The molecule has 0 aromatic heterocycles. The summed E-state index contributed by atoms with van der Waals surface area (Å²) >= 11 is 0. The second-order valence-electron chi connectivity index (χ2n) is 2.30. The molecule has 4 nitrogen and oxygen atoms in total. The third-order valence-electron chi connectivity index (χ3n) is 1.40. The van der Waals surface area contributed by atoms with E-state index in [1.165, 1.54) is 0 Å². The van der Waals surface area contributed by atoms with E-state index in [1.807, 2.05) is 7.05 Å². The smallest absolute Gasteiger partial charge is 0.139 e. The summed E-state index contributed by atoms with van der Waals surface area (Å²) in [6.45, 7) is 3.50. The van der Waals surface area contributed by atoms with Gasteiger partial charge in [-0.15, -0.1) is 0 Å². The molecule has 0 aromatic rings. The number of amidine groups is 1. The maximum Gasteiger partial charge on any atom is 0.139 e. The second kappa shape index (κ2) is 5.85. The molecule has 0 radical (unpaired) electrons. The van der Waals surface area contributed by atoms with Crippen LogP contribution in [0.15, 0.2) is 0 Å². The molecule has 11 heavy (non-hydrogen) atoms. The average Bonchev–Trinajstić information content (AvgIpc) is 1.97. The van der Waals surface area contributed by atoms with Gasteiger partial charge >= 0.3 is 0 Å². The Labute approximate surface area is 67.1 Å². The highest BCUT2D eigenvalue weighted by Gasteiger charge is 2.01. The molecule has 0 aliphatic carbocycles. The molecular weight excluding hydrogens is 142 g/mol. The summed E-state index contributed by atoms with van der Waals surface area (Å²) in [6, 6.07) is 0. The first-order chi connectivity index (χ1) is 5.22. The summed E-state index contributed by atoms with van der Waals surface area (Å²) < 4.78 is 0. The maximum atomic E-state index is 10.1. The van der Waals surface area contributed by atoms with Crippen LogP contribution in [0.4, 0.5) is 0 Å². The van der Waals surface area contributed by atoms with Crippen LogP contribution in [-0.2, 0) is 4.79 Å². The number of nitrogens with one attached hydrogen (secondary N) is 2. The summed E-state index contributed by atoms with van der Waals surface area (Å²) in [5.74, 6) is 0.437. The first kappa shape index (κ1) is 10.1. The van der Waals surface area contributed by atoms with Crippen molar-refractivity contribution >= 4 is 12.1 Å². The lowest BCUT2D eigenvalue weighted by Gasteiger charge is -2.19. The largest absolute Gasteiger partial charge is 0.352 e. The first-order valence-corrected chi connectivity index (χ1v) is 3.60. The molecule has 0 rings (SSSR count). The Balaban J connectivity index is 3.69. The van der Waals surface area contributed by atoms with Crippen molar-refractivity contribution in [3.05, 3.63) is 0 Å². The SMILES string of the molecule is CNCCN(CC=O)C(C)=N. The van der Waals surface area contributed by atoms with E-state index in [9.17, 15) is 4.79 Å². The number of likely N-dealkylation sites (N-methyl/N-ethyl adjacent to an activating group) is 1. The van der Waals surface area contributed by atoms with Gasteiger partial charge in [0.15, 0.2) is 0 Å². The molecule has 4 heteroatoms. The number of hydrogen-bond donors (Lipinski definition) is 2. The van der Waals surface area contributed by atoms with Gasteiger partial charge in [-0.2, -0.15) is 0 Å². The summed E-state index contributed by atoms with van der Waals surface area (Å²) in [5, 5.41) is 10.2. The molecular formula is C7H15N3O. The van der Waals surface area contributed by atoms with Crippen LogP contribution in [0.5, 0.6) is 0 Å². The fraction of sp³-hybridized carbons (Fsp3) is 0.714. The molecule has 0 aliphatic rings. The molecule has 0 saturated carbocycles. The quantitative estimate of drug-likeness (QED) is 0.327. The normalized spacial score (nSPS) is 9.27. The summed E-state index contributed by atoms with van der Waals surface area (Å²) in [7, 11) is 1.85. The first-order valence-electron chi connectivity index (χ1n) is 3.60. The third-order valence-corrected chi connectivity index (χ3v) is 1.40. The van der Waals surface area contributed by atoms with Gasteiger partial charge in [0.25, 0.3) is 0 Å². The highest BCUT2D eigenvalue weighted by molar-refractivity contribution is 5.78. The fourth-order valence-electron chi connectivity index (χ4n) is 0.733. The Kier molecular flexibility index (Phi) is 5.37. The van der Waals surface area contributed by atoms with Gasteiger partial charge < -0.3 is 15.0 Å². The molecule has 0 bridgehead atoms. The lowest BCUT2D eigenvalue weighted by atomic mass is 10.4. The molecule has 0 fully saturated rings. The van der Waals surface area contributed by atoms with E-state index in [4.69, 9.17) is 5.41 Å². The lowest BCUT2D eigenvalue weighted by molar-refractivity contribution is -0.108. The van der Waals surface area contributed by atoms with Gasteiger partial charge in [-0.05, 0) is 14.0 Å². The van der Waals surface area contributed by atoms with Crippen molar-refractivity contribution in [1.82, 2.24) is 10.2 Å². The van der Waals surface area contributed by atoms with Gasteiger partial charge in [-0.3, -0.25) is 5.41 Å². The van der Waals surface area contributed by atoms with Gasteiger partial charge in [0.1, 0.15) is 6.29 Å². The standard InChI is InChI=1S/C7H15N3O/c1-7(8)10(5-6-11)4-3-9-2/h6,8-9H,3-5H2,1-2H3. The minimum atomic E-state index is 0.316. The molecule has 0 aromatic carbocycles. The molecule has 0 amide bonds. The molecule has 0 aliphatic heterocycles. The van der Waals surface area contributed by atoms with E-state index in [-0.39, 0.29) is 0 Å². The number of carbonyl (C=O) groups is 1. The monoisotopic (exact) mass is 157 g/mol. The zero-order chi connectivity index (χ0) is 8.69. The predicted octanol–water partition coefficient (Wildman–Crippen LogP) is -0.296. The van der Waals surface area contributed by atoms with Gasteiger partial charge in [0, 0.05) is 13.1 Å². The maximum absolute atomic E-state index is 10.1. The minimum Gasteiger partial charge on any atom is -0.352 e. The Morgan fingerprint density at radius 3 is 2.73 bits per heavy atom. The van der Waals surface area contributed by atoms with Crippen LogP contribution < -0.4 is 5.32 Å². The van der Waals surface area contributed by atoms with Crippen LogP contribution in [0.2, 0.25) is 0 Å². The summed E-state index contributed by atoms with van der Waals surface area (Å²) in [4.78, 5) is 11.8. The van der Waals surface area contributed by atoms with Crippen LogP contribution in [0.1, 0.15) is 6.92 Å². The summed E-state index contributed by atoms with van der Waals surface area (Å²) in [6.07, 6.45) is 0.813. The number of carbonyl (C=O) groups excluding carboxylic acids is 1. The van der Waals surface area contributed by atoms with E-state index in [0.29, 0.717) is 18.9 Å². The van der Waals surface area contributed by atoms with Gasteiger partial charge in [0.05, 0.1) is 12.4 Å². The van der Waals surface area contributed by atoms with Crippen LogP contribution >= 0.6 is 0 Å². The molecule has 64 valence electrons. The van der Waals surface area contributed by atoms with Crippen LogP contribution in [-0.4, -0.2) is 43.7 Å². The van der Waals surface area contributed by atoms with Crippen molar-refractivity contribution in [2.24, 2.45) is 0 Å². The van der Waals surface area contributed by atoms with Crippen molar-refractivity contribution in [2.75, 3.05) is 26.7 Å². The average molecular weight is 157 g/mol. The molecule has 2 N–H and O–H groups in total. The molecule has 0 spiro atoms. The van der Waals surface area contributed by atoms with Crippen LogP contribution in [0, 0.1) is 5.41 Å². The molecule has 0 unspecified atom stereocenters. The van der Waals surface area contributed by atoms with E-state index in [0.717, 1.165) is 12.8 Å². The van der Waals surface area contributed by atoms with E-state index < -0.39 is 0 Å². The Hall–Kier alpha value is -0.900. The number of aldehydes is 1. The Morgan fingerprint density at radius 2 is 2.36 bits per heavy atom. The van der Waals surface area contributed by atoms with Crippen molar-refractivity contribution in [3.8, 4) is 0 Å². The van der Waals surface area contributed by atoms with Gasteiger partial charge in [-0.1, -0.05) is 0 Å². The zero-order valence-corrected chi connectivity index (χ0v) is 7.05. The number of hydrogen-bond acceptors (Lipinski definition) is 3. The van der Waals surface area contributed by atoms with Crippen molar-refractivity contribution in [3.63, 3.8) is 0 Å². The van der Waals surface area contributed by atoms with E-state index in [1.54, 1.807) is 11.8 Å². The van der Waals surface area contributed by atoms with E-state index >= 15 is 0 Å². The van der Waals surface area contributed by atoms with Crippen molar-refractivity contribution < 1.29 is 4.79 Å². The van der Waals surface area contributed by atoms with Crippen LogP contribution in [0.25, 0.3) is 0 Å². The third kappa shape index (κ3) is 4.50. The van der Waals surface area contributed by atoms with Crippen LogP contribution in [0.3, 0.4) is 0 Å². The number of rotatable bonds is 5. The minimum absolute atomic E-state index is 0.316. The molecule has 0 heterocycles. The van der Waals surface area contributed by atoms with Crippen molar-refractivity contribution in [2.45, 2.75) is 6.92 Å². The second-order valence-corrected chi connectivity index (χ2v) is 2.30. The van der Waals surface area contributed by atoms with Gasteiger partial charge in [0.2, 0.25) is 0 Å². The zero-order valence-electron chi connectivity index (χ0n) is 7.05. The Morgan fingerprint density at radius 1 is 1.73 bits per heavy atom. The number of nitrogens with zero attached hydrogens (tertiary/aromatic N) is 1. The molecule has 0 saturated heterocycles. The fourth-order valence-corrected chi connectivity index (χ4v) is 0.733. The lowest BCUT2D eigenvalue weighted by Crippen LogP contribution is -2.35. The Bertz CT molecular complexity index is 136. The van der Waals surface area contributed by atoms with Crippen molar-refractivity contribution in [1.29, 1.82) is 5.41 Å². The molecule has 0 atom stereocenters. The predicted molar refractivity (Wildman–Crippen MR) is 45.0 cm³/mol. The summed E-state index contributed by atoms with van der Waals surface area (Å²) in [5.41, 5.74) is 0. The highest BCUT2D eigenvalue weighted by atomic mass is 16.1. The highest BCUT2D eigenvalue weighted by Crippen LogP contribution is 1.85. The van der Waals surface area contributed by atoms with Gasteiger partial charge in [-0.25, -0.2) is 0 Å².